The summed E-state index contributed by atoms with van der Waals surface area (Å²) < 4.78 is 38.6. The molecule has 1 unspecified atom stereocenters. The second-order valence-corrected chi connectivity index (χ2v) is 5.52. The zero-order valence-corrected chi connectivity index (χ0v) is 12.8. The van der Waals surface area contributed by atoms with E-state index in [0.29, 0.717) is 16.4 Å². The van der Waals surface area contributed by atoms with Gasteiger partial charge in [0.2, 0.25) is 11.8 Å². The average Bonchev–Trinajstić information content (AvgIpc) is 3.17. The lowest BCUT2D eigenvalue weighted by Crippen LogP contribution is -2.36. The Morgan fingerprint density at radius 3 is 2.76 bits per heavy atom. The molecule has 1 aliphatic heterocycles. The van der Waals surface area contributed by atoms with E-state index in [2.05, 4.69) is 20.4 Å². The Balaban J connectivity index is 1.60. The van der Waals surface area contributed by atoms with Crippen LogP contribution >= 0.6 is 0 Å². The van der Waals surface area contributed by atoms with Gasteiger partial charge in [-0.25, -0.2) is 14.6 Å². The molecule has 1 saturated heterocycles. The molecule has 132 valence electrons. The second-order valence-electron chi connectivity index (χ2n) is 5.52. The monoisotopic (exact) mass is 354 g/mol. The Hall–Kier alpha value is -2.98. The smallest absolute Gasteiger partial charge is 0.333 e. The number of likely N-dealkylation sites (tertiary alicyclic amines) is 1. The van der Waals surface area contributed by atoms with Crippen LogP contribution in [0.4, 0.5) is 18.9 Å². The minimum atomic E-state index is -4.48. The van der Waals surface area contributed by atoms with Crippen molar-refractivity contribution in [2.75, 3.05) is 18.4 Å². The van der Waals surface area contributed by atoms with Gasteiger partial charge in [0, 0.05) is 13.0 Å². The molecule has 2 aromatic rings. The van der Waals surface area contributed by atoms with E-state index in [9.17, 15) is 22.8 Å². The first-order valence-corrected chi connectivity index (χ1v) is 7.28. The summed E-state index contributed by atoms with van der Waals surface area (Å²) in [4.78, 5) is 32.3. The number of pyridine rings is 1. The summed E-state index contributed by atoms with van der Waals surface area (Å²) in [5.41, 5.74) is 0.371. The summed E-state index contributed by atoms with van der Waals surface area (Å²) in [6.45, 7) is -1.60. The normalized spacial score (nSPS) is 17.8. The third kappa shape index (κ3) is 4.11. The molecule has 3 heterocycles. The van der Waals surface area contributed by atoms with E-state index in [0.717, 1.165) is 0 Å². The van der Waals surface area contributed by atoms with Crippen molar-refractivity contribution in [3.05, 3.63) is 31.0 Å². The van der Waals surface area contributed by atoms with Crippen LogP contribution in [0.5, 0.6) is 0 Å². The minimum Gasteiger partial charge on any atom is -0.333 e. The van der Waals surface area contributed by atoms with Crippen molar-refractivity contribution < 1.29 is 22.8 Å². The topological polar surface area (TPSA) is 93.0 Å². The molecule has 25 heavy (non-hydrogen) atoms. The van der Waals surface area contributed by atoms with Crippen LogP contribution < -0.4 is 5.32 Å². The highest BCUT2D eigenvalue weighted by molar-refractivity contribution is 5.97. The van der Waals surface area contributed by atoms with Crippen LogP contribution in [0.3, 0.4) is 0 Å². The second kappa shape index (κ2) is 6.49. The Labute approximate surface area is 139 Å². The van der Waals surface area contributed by atoms with Gasteiger partial charge in [-0.15, -0.1) is 0 Å². The molecule has 2 amide bonds. The molecule has 0 radical (unpaired) electrons. The number of carbonyl (C=O) groups excluding carboxylic acids is 2. The fraction of sp³-hybridized carbons (Fsp3) is 0.357. The molecule has 0 aromatic carbocycles. The number of carbonyl (C=O) groups is 2. The van der Waals surface area contributed by atoms with Crippen LogP contribution in [0, 0.1) is 5.92 Å². The minimum absolute atomic E-state index is 0.244. The number of nitrogens with zero attached hydrogens (tertiary/aromatic N) is 5. The molecule has 8 nitrogen and oxygen atoms in total. The van der Waals surface area contributed by atoms with Crippen molar-refractivity contribution in [2.24, 2.45) is 5.92 Å². The number of hydrogen-bond acceptors (Lipinski definition) is 5. The quantitative estimate of drug-likeness (QED) is 0.885. The third-order valence-corrected chi connectivity index (χ3v) is 3.62. The van der Waals surface area contributed by atoms with Crippen molar-refractivity contribution in [3.8, 4) is 5.82 Å². The predicted octanol–water partition coefficient (Wildman–Crippen LogP) is 1.01. The van der Waals surface area contributed by atoms with Crippen LogP contribution in [0.25, 0.3) is 5.82 Å². The maximum absolute atomic E-state index is 12.4. The summed E-state index contributed by atoms with van der Waals surface area (Å²) in [5, 5.41) is 6.46. The molecular formula is C14H13F3N6O2. The Bertz CT molecular complexity index is 760. The summed E-state index contributed by atoms with van der Waals surface area (Å²) in [5.74, 6) is -1.54. The summed E-state index contributed by atoms with van der Waals surface area (Å²) in [7, 11) is 0. The Morgan fingerprint density at radius 2 is 2.16 bits per heavy atom. The SMILES string of the molecule is O=C(Nc1ccc(-n2cncn2)nc1)C1CC(=O)N(CC(F)(F)F)C1. The van der Waals surface area contributed by atoms with Gasteiger partial charge in [-0.05, 0) is 12.1 Å². The fourth-order valence-electron chi connectivity index (χ4n) is 2.48. The first-order valence-electron chi connectivity index (χ1n) is 7.28. The van der Waals surface area contributed by atoms with Gasteiger partial charge in [0.1, 0.15) is 19.2 Å². The van der Waals surface area contributed by atoms with Crippen LogP contribution in [-0.2, 0) is 9.59 Å². The van der Waals surface area contributed by atoms with Crippen molar-refractivity contribution in [2.45, 2.75) is 12.6 Å². The van der Waals surface area contributed by atoms with Crippen LogP contribution in [0.1, 0.15) is 6.42 Å². The molecule has 3 rings (SSSR count). The largest absolute Gasteiger partial charge is 0.406 e. The number of hydrogen-bond donors (Lipinski definition) is 1. The van der Waals surface area contributed by atoms with E-state index >= 15 is 0 Å². The zero-order chi connectivity index (χ0) is 18.0. The van der Waals surface area contributed by atoms with Gasteiger partial charge in [-0.1, -0.05) is 0 Å². The van der Waals surface area contributed by atoms with E-state index < -0.39 is 30.5 Å². The van der Waals surface area contributed by atoms with Gasteiger partial charge in [0.15, 0.2) is 5.82 Å². The van der Waals surface area contributed by atoms with Gasteiger partial charge in [-0.2, -0.15) is 18.3 Å². The maximum Gasteiger partial charge on any atom is 0.406 e. The number of rotatable bonds is 4. The van der Waals surface area contributed by atoms with Gasteiger partial charge in [0.25, 0.3) is 0 Å². The lowest BCUT2D eigenvalue weighted by molar-refractivity contribution is -0.157. The third-order valence-electron chi connectivity index (χ3n) is 3.62. The van der Waals surface area contributed by atoms with Crippen LogP contribution in [-0.4, -0.2) is 55.7 Å². The molecule has 0 spiro atoms. The molecule has 1 N–H and O–H groups in total. The number of alkyl halides is 3. The zero-order valence-electron chi connectivity index (χ0n) is 12.8. The number of aromatic nitrogens is 4. The number of nitrogens with one attached hydrogen (secondary N) is 1. The van der Waals surface area contributed by atoms with Gasteiger partial charge in [-0.3, -0.25) is 9.59 Å². The van der Waals surface area contributed by atoms with E-state index in [-0.39, 0.29) is 13.0 Å². The molecular weight excluding hydrogens is 341 g/mol. The van der Waals surface area contributed by atoms with Gasteiger partial charge < -0.3 is 10.2 Å². The Morgan fingerprint density at radius 1 is 1.36 bits per heavy atom. The predicted molar refractivity (Wildman–Crippen MR) is 78.5 cm³/mol. The first-order chi connectivity index (χ1) is 11.8. The fourth-order valence-corrected chi connectivity index (χ4v) is 2.48. The summed E-state index contributed by atoms with van der Waals surface area (Å²) >= 11 is 0. The average molecular weight is 354 g/mol. The molecule has 0 bridgehead atoms. The lowest BCUT2D eigenvalue weighted by atomic mass is 10.1. The van der Waals surface area contributed by atoms with Crippen LogP contribution in [0.2, 0.25) is 0 Å². The van der Waals surface area contributed by atoms with E-state index in [1.807, 2.05) is 0 Å². The summed E-state index contributed by atoms with van der Waals surface area (Å²) in [6.07, 6.45) is -0.533. The molecule has 0 aliphatic carbocycles. The molecule has 2 aromatic heterocycles. The standard InChI is InChI=1S/C14H13F3N6O2/c15-14(16,17)6-22-5-9(3-12(22)24)13(25)21-10-1-2-11(19-4-10)23-8-18-7-20-23/h1-2,4,7-9H,3,5-6H2,(H,21,25). The molecule has 1 aliphatic rings. The van der Waals surface area contributed by atoms with Gasteiger partial charge >= 0.3 is 6.18 Å². The summed E-state index contributed by atoms with van der Waals surface area (Å²) in [6, 6.07) is 3.17. The molecule has 11 heteroatoms. The number of anilines is 1. The van der Waals surface area contributed by atoms with Crippen LogP contribution in [0.15, 0.2) is 31.0 Å². The number of amides is 2. The highest BCUT2D eigenvalue weighted by atomic mass is 19.4. The molecule has 1 atom stereocenters. The van der Waals surface area contributed by atoms with Crippen molar-refractivity contribution in [3.63, 3.8) is 0 Å². The first kappa shape index (κ1) is 16.9. The number of halogens is 3. The van der Waals surface area contributed by atoms with E-state index in [4.69, 9.17) is 0 Å². The van der Waals surface area contributed by atoms with Crippen molar-refractivity contribution >= 4 is 17.5 Å². The highest BCUT2D eigenvalue weighted by Gasteiger charge is 2.40. The molecule has 0 saturated carbocycles. The highest BCUT2D eigenvalue weighted by Crippen LogP contribution is 2.24. The van der Waals surface area contributed by atoms with Crippen molar-refractivity contribution in [1.29, 1.82) is 0 Å². The lowest BCUT2D eigenvalue weighted by Gasteiger charge is -2.18. The Kier molecular flexibility index (Phi) is 4.38. The molecule has 1 fully saturated rings. The van der Waals surface area contributed by atoms with Crippen molar-refractivity contribution in [1.82, 2.24) is 24.6 Å². The maximum atomic E-state index is 12.4. The van der Waals surface area contributed by atoms with E-state index in [1.54, 1.807) is 12.1 Å². The van der Waals surface area contributed by atoms with E-state index in [1.165, 1.54) is 23.5 Å². The van der Waals surface area contributed by atoms with Gasteiger partial charge in [0.05, 0.1) is 17.8 Å².